The summed E-state index contributed by atoms with van der Waals surface area (Å²) >= 11 is 11.8. The number of aromatic carboxylic acids is 1. The van der Waals surface area contributed by atoms with Gasteiger partial charge in [0.15, 0.2) is 5.11 Å². The van der Waals surface area contributed by atoms with Crippen LogP contribution >= 0.6 is 23.8 Å². The van der Waals surface area contributed by atoms with E-state index in [9.17, 15) is 9.90 Å². The van der Waals surface area contributed by atoms with Crippen molar-refractivity contribution in [1.29, 1.82) is 0 Å². The lowest BCUT2D eigenvalue weighted by atomic mass is 10.0. The molecule has 30 heavy (non-hydrogen) atoms. The van der Waals surface area contributed by atoms with Gasteiger partial charge >= 0.3 is 5.97 Å². The van der Waals surface area contributed by atoms with Crippen molar-refractivity contribution in [3.8, 4) is 0 Å². The Bertz CT molecular complexity index is 924. The van der Waals surface area contributed by atoms with Crippen LogP contribution in [0.2, 0.25) is 5.02 Å². The molecular weight excluding hydrogens is 426 g/mol. The predicted molar refractivity (Wildman–Crippen MR) is 125 cm³/mol. The van der Waals surface area contributed by atoms with E-state index >= 15 is 0 Å². The number of aliphatic hydroxyl groups excluding tert-OH is 1. The SMILES string of the molecule is Cc1cc(N(C)C)ncc1NC(=S)Nc1c(Cl)ccc(C(=O)O)c1CNCCCO. The summed E-state index contributed by atoms with van der Waals surface area (Å²) in [6.45, 7) is 2.78. The lowest BCUT2D eigenvalue weighted by Crippen LogP contribution is -2.24. The number of benzene rings is 1. The molecular formula is C20H26ClN5O3S. The number of aromatic nitrogens is 1. The Balaban J connectivity index is 2.24. The Labute approximate surface area is 186 Å². The van der Waals surface area contributed by atoms with E-state index in [1.807, 2.05) is 32.0 Å². The minimum Gasteiger partial charge on any atom is -0.478 e. The molecule has 0 amide bonds. The molecule has 5 N–H and O–H groups in total. The smallest absolute Gasteiger partial charge is 0.336 e. The molecule has 10 heteroatoms. The first-order valence-corrected chi connectivity index (χ1v) is 10.1. The molecule has 0 unspecified atom stereocenters. The van der Waals surface area contributed by atoms with E-state index < -0.39 is 5.97 Å². The highest BCUT2D eigenvalue weighted by Gasteiger charge is 2.18. The van der Waals surface area contributed by atoms with E-state index in [2.05, 4.69) is 20.9 Å². The third kappa shape index (κ3) is 6.27. The Morgan fingerprint density at radius 2 is 2.03 bits per heavy atom. The number of hydrogen-bond acceptors (Lipinski definition) is 6. The highest BCUT2D eigenvalue weighted by atomic mass is 35.5. The molecule has 0 saturated heterocycles. The first kappa shape index (κ1) is 23.8. The molecule has 0 bridgehead atoms. The lowest BCUT2D eigenvalue weighted by molar-refractivity contribution is 0.0695. The van der Waals surface area contributed by atoms with Crippen LogP contribution < -0.4 is 20.9 Å². The number of rotatable bonds is 9. The maximum Gasteiger partial charge on any atom is 0.336 e. The summed E-state index contributed by atoms with van der Waals surface area (Å²) in [5.74, 6) is -0.239. The van der Waals surface area contributed by atoms with Crippen LogP contribution in [0.5, 0.6) is 0 Å². The predicted octanol–water partition coefficient (Wildman–Crippen LogP) is 3.09. The number of pyridine rings is 1. The summed E-state index contributed by atoms with van der Waals surface area (Å²) in [5, 5.41) is 28.3. The third-order valence-corrected chi connectivity index (χ3v) is 4.87. The van der Waals surface area contributed by atoms with E-state index in [4.69, 9.17) is 28.9 Å². The van der Waals surface area contributed by atoms with Gasteiger partial charge in [0.2, 0.25) is 0 Å². The molecule has 2 aromatic rings. The van der Waals surface area contributed by atoms with Gasteiger partial charge in [0.1, 0.15) is 5.82 Å². The summed E-state index contributed by atoms with van der Waals surface area (Å²) in [7, 11) is 3.82. The average Bonchev–Trinajstić information content (AvgIpc) is 2.68. The fourth-order valence-corrected chi connectivity index (χ4v) is 3.18. The Morgan fingerprint density at radius 3 is 2.63 bits per heavy atom. The second kappa shape index (κ2) is 11.1. The van der Waals surface area contributed by atoms with Crippen molar-refractivity contribution in [1.82, 2.24) is 10.3 Å². The summed E-state index contributed by atoms with van der Waals surface area (Å²) in [5.41, 5.74) is 2.70. The molecule has 0 atom stereocenters. The van der Waals surface area contributed by atoms with Crippen molar-refractivity contribution in [2.45, 2.75) is 19.9 Å². The van der Waals surface area contributed by atoms with Gasteiger partial charge in [-0.2, -0.15) is 0 Å². The zero-order valence-electron chi connectivity index (χ0n) is 17.1. The molecule has 0 aliphatic rings. The van der Waals surface area contributed by atoms with Gasteiger partial charge in [-0.05, 0) is 55.9 Å². The van der Waals surface area contributed by atoms with E-state index in [0.29, 0.717) is 29.2 Å². The number of hydrogen-bond donors (Lipinski definition) is 5. The number of nitrogens with zero attached hydrogens (tertiary/aromatic N) is 2. The van der Waals surface area contributed by atoms with Crippen LogP contribution in [-0.4, -0.2) is 53.5 Å². The number of anilines is 3. The molecule has 1 heterocycles. The van der Waals surface area contributed by atoms with Gasteiger partial charge in [0.25, 0.3) is 0 Å². The quantitative estimate of drug-likeness (QED) is 0.290. The lowest BCUT2D eigenvalue weighted by Gasteiger charge is -2.19. The van der Waals surface area contributed by atoms with Gasteiger partial charge in [-0.3, -0.25) is 0 Å². The zero-order chi connectivity index (χ0) is 22.3. The van der Waals surface area contributed by atoms with Crippen LogP contribution in [0.25, 0.3) is 0 Å². The van der Waals surface area contributed by atoms with Crippen LogP contribution in [0.1, 0.15) is 27.9 Å². The monoisotopic (exact) mass is 451 g/mol. The summed E-state index contributed by atoms with van der Waals surface area (Å²) in [6, 6.07) is 4.91. The summed E-state index contributed by atoms with van der Waals surface area (Å²) in [6.07, 6.45) is 2.24. The van der Waals surface area contributed by atoms with Gasteiger partial charge in [0, 0.05) is 32.8 Å². The normalized spacial score (nSPS) is 10.6. The van der Waals surface area contributed by atoms with E-state index in [-0.39, 0.29) is 23.8 Å². The van der Waals surface area contributed by atoms with Crippen LogP contribution in [0.4, 0.5) is 17.2 Å². The maximum atomic E-state index is 11.7. The van der Waals surface area contributed by atoms with Crippen molar-refractivity contribution < 1.29 is 15.0 Å². The molecule has 0 spiro atoms. The summed E-state index contributed by atoms with van der Waals surface area (Å²) < 4.78 is 0. The number of aryl methyl sites for hydroxylation is 1. The second-order valence-electron chi connectivity index (χ2n) is 6.84. The first-order valence-electron chi connectivity index (χ1n) is 9.32. The second-order valence-corrected chi connectivity index (χ2v) is 7.65. The van der Waals surface area contributed by atoms with E-state index in [1.54, 1.807) is 6.20 Å². The highest BCUT2D eigenvalue weighted by molar-refractivity contribution is 7.80. The minimum absolute atomic E-state index is 0.0491. The fourth-order valence-electron chi connectivity index (χ4n) is 2.74. The third-order valence-electron chi connectivity index (χ3n) is 4.35. The van der Waals surface area contributed by atoms with Crippen LogP contribution in [0.3, 0.4) is 0 Å². The summed E-state index contributed by atoms with van der Waals surface area (Å²) in [4.78, 5) is 18.0. The molecule has 0 saturated carbocycles. The van der Waals surface area contributed by atoms with Gasteiger partial charge in [-0.15, -0.1) is 0 Å². The molecule has 1 aromatic carbocycles. The van der Waals surface area contributed by atoms with Gasteiger partial charge in [-0.25, -0.2) is 9.78 Å². The van der Waals surface area contributed by atoms with Crippen LogP contribution in [0, 0.1) is 6.92 Å². The van der Waals surface area contributed by atoms with Gasteiger partial charge in [0.05, 0.1) is 28.2 Å². The van der Waals surface area contributed by atoms with Crippen molar-refractivity contribution in [3.63, 3.8) is 0 Å². The molecule has 0 aliphatic heterocycles. The molecule has 0 radical (unpaired) electrons. The highest BCUT2D eigenvalue weighted by Crippen LogP contribution is 2.30. The number of carbonyl (C=O) groups is 1. The molecule has 162 valence electrons. The van der Waals surface area contributed by atoms with Crippen LogP contribution in [-0.2, 0) is 6.54 Å². The number of carboxylic acid groups (broad SMARTS) is 1. The molecule has 0 fully saturated rings. The fraction of sp³-hybridized carbons (Fsp3) is 0.350. The Morgan fingerprint density at radius 1 is 1.30 bits per heavy atom. The Kier molecular flexibility index (Phi) is 8.79. The molecule has 2 rings (SSSR count). The minimum atomic E-state index is -1.06. The largest absolute Gasteiger partial charge is 0.478 e. The van der Waals surface area contributed by atoms with E-state index in [1.165, 1.54) is 12.1 Å². The topological polar surface area (TPSA) is 110 Å². The average molecular weight is 452 g/mol. The maximum absolute atomic E-state index is 11.7. The van der Waals surface area contributed by atoms with Crippen molar-refractivity contribution in [3.05, 3.63) is 46.1 Å². The first-order chi connectivity index (χ1) is 14.2. The van der Waals surface area contributed by atoms with Crippen molar-refractivity contribution in [2.24, 2.45) is 0 Å². The van der Waals surface area contributed by atoms with Crippen LogP contribution in [0.15, 0.2) is 24.4 Å². The van der Waals surface area contributed by atoms with E-state index in [0.717, 1.165) is 17.1 Å². The van der Waals surface area contributed by atoms with Gasteiger partial charge < -0.3 is 31.1 Å². The zero-order valence-corrected chi connectivity index (χ0v) is 18.7. The molecule has 8 nitrogen and oxygen atoms in total. The van der Waals surface area contributed by atoms with Gasteiger partial charge in [-0.1, -0.05) is 11.6 Å². The number of thiocarbonyl (C=S) groups is 1. The number of nitrogens with one attached hydrogen (secondary N) is 3. The number of carboxylic acids is 1. The molecule has 0 aliphatic carbocycles. The van der Waals surface area contributed by atoms with Crippen molar-refractivity contribution >= 4 is 52.1 Å². The van der Waals surface area contributed by atoms with Crippen molar-refractivity contribution in [2.75, 3.05) is 42.8 Å². The molecule has 1 aromatic heterocycles. The standard InChI is InChI=1S/C20H26ClN5O3S/c1-12-9-17(26(2)3)23-11-16(12)24-20(30)25-18-14(10-22-7-4-8-27)13(19(28)29)5-6-15(18)21/h5-6,9,11,22,27H,4,7-8,10H2,1-3H3,(H,28,29)(H2,24,25,30). The Hall–Kier alpha value is -2.46. The number of halogens is 1. The number of aliphatic hydroxyl groups is 1.